The minimum Gasteiger partial charge on any atom is -0.323 e. The van der Waals surface area contributed by atoms with Gasteiger partial charge in [-0.2, -0.15) is 5.26 Å². The number of rotatable bonds is 4. The standard InChI is InChI=1S/C13H13N3O2/c1-2-5-12(17)15-10-6-3-4-7-11(10)16-13(18)8-9-14/h2-7H,8H2,1H3,(H,15,17)(H,16,18)/b5-2+. The maximum absolute atomic E-state index is 11.4. The zero-order valence-corrected chi connectivity index (χ0v) is 9.93. The molecule has 0 saturated carbocycles. The van der Waals surface area contributed by atoms with Crippen LogP contribution < -0.4 is 10.6 Å². The number of benzene rings is 1. The van der Waals surface area contributed by atoms with Crippen molar-refractivity contribution in [1.82, 2.24) is 0 Å². The lowest BCUT2D eigenvalue weighted by atomic mass is 10.2. The number of para-hydroxylation sites is 2. The van der Waals surface area contributed by atoms with Crippen molar-refractivity contribution in [3.05, 3.63) is 36.4 Å². The molecule has 0 aliphatic heterocycles. The average molecular weight is 243 g/mol. The Morgan fingerprint density at radius 1 is 1.28 bits per heavy atom. The molecule has 92 valence electrons. The summed E-state index contributed by atoms with van der Waals surface area (Å²) < 4.78 is 0. The number of amides is 2. The minimum absolute atomic E-state index is 0.225. The molecule has 0 aromatic heterocycles. The van der Waals surface area contributed by atoms with Crippen molar-refractivity contribution in [3.8, 4) is 6.07 Å². The summed E-state index contributed by atoms with van der Waals surface area (Å²) in [5.74, 6) is -0.690. The van der Waals surface area contributed by atoms with Gasteiger partial charge in [-0.1, -0.05) is 18.2 Å². The molecule has 0 unspecified atom stereocenters. The van der Waals surface area contributed by atoms with Crippen LogP contribution in [0.5, 0.6) is 0 Å². The summed E-state index contributed by atoms with van der Waals surface area (Å²) in [5, 5.41) is 13.6. The van der Waals surface area contributed by atoms with Crippen LogP contribution >= 0.6 is 0 Å². The van der Waals surface area contributed by atoms with Crippen molar-refractivity contribution >= 4 is 23.2 Å². The molecule has 5 nitrogen and oxygen atoms in total. The van der Waals surface area contributed by atoms with E-state index in [1.165, 1.54) is 6.08 Å². The summed E-state index contributed by atoms with van der Waals surface area (Å²) in [6, 6.07) is 8.55. The van der Waals surface area contributed by atoms with Gasteiger partial charge in [0.25, 0.3) is 0 Å². The molecule has 0 fully saturated rings. The van der Waals surface area contributed by atoms with Gasteiger partial charge in [0.15, 0.2) is 0 Å². The number of allylic oxidation sites excluding steroid dienone is 1. The molecule has 0 saturated heterocycles. The molecule has 18 heavy (non-hydrogen) atoms. The van der Waals surface area contributed by atoms with Gasteiger partial charge in [-0.15, -0.1) is 0 Å². The second-order valence-corrected chi connectivity index (χ2v) is 3.42. The number of carbonyl (C=O) groups is 2. The lowest BCUT2D eigenvalue weighted by Crippen LogP contribution is -2.14. The van der Waals surface area contributed by atoms with Gasteiger partial charge in [0.1, 0.15) is 6.42 Å². The molecule has 0 atom stereocenters. The second-order valence-electron chi connectivity index (χ2n) is 3.42. The van der Waals surface area contributed by atoms with E-state index >= 15 is 0 Å². The number of hydrogen-bond donors (Lipinski definition) is 2. The van der Waals surface area contributed by atoms with E-state index in [9.17, 15) is 9.59 Å². The Morgan fingerprint density at radius 2 is 1.89 bits per heavy atom. The second kappa shape index (κ2) is 6.86. The van der Waals surface area contributed by atoms with Crippen molar-refractivity contribution in [3.63, 3.8) is 0 Å². The third-order valence-corrected chi connectivity index (χ3v) is 2.02. The number of nitrogens with one attached hydrogen (secondary N) is 2. The smallest absolute Gasteiger partial charge is 0.248 e. The number of nitriles is 1. The third-order valence-electron chi connectivity index (χ3n) is 2.02. The lowest BCUT2D eigenvalue weighted by Gasteiger charge is -2.10. The Morgan fingerprint density at radius 3 is 2.44 bits per heavy atom. The first-order valence-corrected chi connectivity index (χ1v) is 5.37. The molecule has 0 bridgehead atoms. The van der Waals surface area contributed by atoms with Crippen LogP contribution in [0.2, 0.25) is 0 Å². The van der Waals surface area contributed by atoms with Crippen molar-refractivity contribution in [1.29, 1.82) is 5.26 Å². The van der Waals surface area contributed by atoms with Crippen LogP contribution in [-0.4, -0.2) is 11.8 Å². The van der Waals surface area contributed by atoms with Crippen LogP contribution in [0.1, 0.15) is 13.3 Å². The van der Waals surface area contributed by atoms with Crippen LogP contribution in [0.15, 0.2) is 36.4 Å². The Labute approximate surface area is 105 Å². The van der Waals surface area contributed by atoms with Crippen LogP contribution in [-0.2, 0) is 9.59 Å². The summed E-state index contributed by atoms with van der Waals surface area (Å²) >= 11 is 0. The fourth-order valence-electron chi connectivity index (χ4n) is 1.29. The summed E-state index contributed by atoms with van der Waals surface area (Å²) in [6.07, 6.45) is 2.78. The fourth-order valence-corrected chi connectivity index (χ4v) is 1.29. The van der Waals surface area contributed by atoms with E-state index in [1.54, 1.807) is 43.3 Å². The maximum atomic E-state index is 11.4. The predicted octanol–water partition coefficient (Wildman–Crippen LogP) is 2.05. The van der Waals surface area contributed by atoms with Crippen LogP contribution in [0, 0.1) is 11.3 Å². The zero-order valence-electron chi connectivity index (χ0n) is 9.93. The minimum atomic E-state index is -0.412. The largest absolute Gasteiger partial charge is 0.323 e. The average Bonchev–Trinajstić information content (AvgIpc) is 2.32. The Balaban J connectivity index is 2.83. The highest BCUT2D eigenvalue weighted by Gasteiger charge is 2.07. The van der Waals surface area contributed by atoms with E-state index in [1.807, 2.05) is 0 Å². The van der Waals surface area contributed by atoms with Crippen LogP contribution in [0.4, 0.5) is 11.4 Å². The van der Waals surface area contributed by atoms with Gasteiger partial charge in [-0.3, -0.25) is 9.59 Å². The molecule has 0 spiro atoms. The summed E-state index contributed by atoms with van der Waals surface area (Å²) in [6.45, 7) is 1.74. The predicted molar refractivity (Wildman–Crippen MR) is 68.7 cm³/mol. The van der Waals surface area contributed by atoms with E-state index in [4.69, 9.17) is 5.26 Å². The SMILES string of the molecule is C/C=C/C(=O)Nc1ccccc1NC(=O)CC#N. The van der Waals surface area contributed by atoms with Gasteiger partial charge in [-0.25, -0.2) is 0 Å². The zero-order chi connectivity index (χ0) is 13.4. The lowest BCUT2D eigenvalue weighted by molar-refractivity contribution is -0.115. The highest BCUT2D eigenvalue weighted by molar-refractivity contribution is 6.03. The third kappa shape index (κ3) is 4.10. The summed E-state index contributed by atoms with van der Waals surface area (Å²) in [5.41, 5.74) is 0.961. The number of nitrogens with zero attached hydrogens (tertiary/aromatic N) is 1. The molecule has 1 aromatic rings. The molecule has 2 N–H and O–H groups in total. The first-order valence-electron chi connectivity index (χ1n) is 5.37. The van der Waals surface area contributed by atoms with Crippen molar-refractivity contribution in [2.75, 3.05) is 10.6 Å². The summed E-state index contributed by atoms with van der Waals surface area (Å²) in [4.78, 5) is 22.7. The van der Waals surface area contributed by atoms with E-state index in [-0.39, 0.29) is 12.3 Å². The molecule has 0 heterocycles. The molecule has 1 aromatic carbocycles. The van der Waals surface area contributed by atoms with Gasteiger partial charge < -0.3 is 10.6 Å². The molecular weight excluding hydrogens is 230 g/mol. The number of anilines is 2. The van der Waals surface area contributed by atoms with Crippen LogP contribution in [0.3, 0.4) is 0 Å². The quantitative estimate of drug-likeness (QED) is 0.794. The fraction of sp³-hybridized carbons (Fsp3) is 0.154. The molecule has 0 aliphatic carbocycles. The molecule has 2 amide bonds. The molecule has 5 heteroatoms. The van der Waals surface area contributed by atoms with Gasteiger partial charge in [0, 0.05) is 0 Å². The van der Waals surface area contributed by atoms with E-state index < -0.39 is 5.91 Å². The number of hydrogen-bond acceptors (Lipinski definition) is 3. The Hall–Kier alpha value is -2.61. The van der Waals surface area contributed by atoms with Gasteiger partial charge in [0.2, 0.25) is 11.8 Å². The van der Waals surface area contributed by atoms with E-state index in [2.05, 4.69) is 10.6 Å². The summed E-state index contributed by atoms with van der Waals surface area (Å²) in [7, 11) is 0. The molecule has 0 aliphatic rings. The molecular formula is C13H13N3O2. The molecule has 1 rings (SSSR count). The number of carbonyl (C=O) groups excluding carboxylic acids is 2. The van der Waals surface area contributed by atoms with Gasteiger partial charge >= 0.3 is 0 Å². The Bertz CT molecular complexity index is 515. The topological polar surface area (TPSA) is 82.0 Å². The van der Waals surface area contributed by atoms with Crippen LogP contribution in [0.25, 0.3) is 0 Å². The maximum Gasteiger partial charge on any atom is 0.248 e. The van der Waals surface area contributed by atoms with Crippen molar-refractivity contribution < 1.29 is 9.59 Å². The van der Waals surface area contributed by atoms with E-state index in [0.29, 0.717) is 11.4 Å². The first-order chi connectivity index (χ1) is 8.67. The monoisotopic (exact) mass is 243 g/mol. The van der Waals surface area contributed by atoms with E-state index in [0.717, 1.165) is 0 Å². The Kier molecular flexibility index (Phi) is 5.13. The van der Waals surface area contributed by atoms with Crippen molar-refractivity contribution in [2.24, 2.45) is 0 Å². The van der Waals surface area contributed by atoms with Gasteiger partial charge in [0.05, 0.1) is 17.4 Å². The first kappa shape index (κ1) is 13.5. The highest BCUT2D eigenvalue weighted by Crippen LogP contribution is 2.21. The van der Waals surface area contributed by atoms with Crippen molar-refractivity contribution in [2.45, 2.75) is 13.3 Å². The normalized spacial score (nSPS) is 9.78. The van der Waals surface area contributed by atoms with Gasteiger partial charge in [-0.05, 0) is 25.1 Å². The molecule has 0 radical (unpaired) electrons. The highest BCUT2D eigenvalue weighted by atomic mass is 16.2.